The minimum atomic E-state index is -4.85. The highest BCUT2D eigenvalue weighted by molar-refractivity contribution is 6.58. The van der Waals surface area contributed by atoms with Gasteiger partial charge in [-0.2, -0.15) is 13.2 Å². The Hall–Kier alpha value is -2.39. The maximum absolute atomic E-state index is 13.0. The van der Waals surface area contributed by atoms with Crippen molar-refractivity contribution in [3.05, 3.63) is 65.0 Å². The van der Waals surface area contributed by atoms with Gasteiger partial charge in [-0.05, 0) is 29.2 Å². The molecule has 0 heterocycles. The number of halogens is 4. The van der Waals surface area contributed by atoms with E-state index in [2.05, 4.69) is 5.32 Å². The normalized spacial score (nSPS) is 11.2. The second-order valence-corrected chi connectivity index (χ2v) is 4.99. The summed E-state index contributed by atoms with van der Waals surface area (Å²) >= 11 is 0. The molecule has 1 amide bonds. The summed E-state index contributed by atoms with van der Waals surface area (Å²) in [5.41, 5.74) is -1.24. The van der Waals surface area contributed by atoms with E-state index in [0.29, 0.717) is 5.56 Å². The summed E-state index contributed by atoms with van der Waals surface area (Å²) in [5, 5.41) is 20.2. The molecule has 0 aliphatic rings. The van der Waals surface area contributed by atoms with Crippen LogP contribution in [-0.2, 0) is 12.7 Å². The molecule has 4 nitrogen and oxygen atoms in total. The molecule has 2 aromatic rings. The van der Waals surface area contributed by atoms with Gasteiger partial charge in [0.05, 0.1) is 11.1 Å². The summed E-state index contributed by atoms with van der Waals surface area (Å²) in [6, 6.07) is 7.62. The van der Waals surface area contributed by atoms with Gasteiger partial charge < -0.3 is 15.4 Å². The highest BCUT2D eigenvalue weighted by atomic mass is 19.4. The molecule has 0 unspecified atom stereocenters. The molecule has 24 heavy (non-hydrogen) atoms. The van der Waals surface area contributed by atoms with Crippen LogP contribution < -0.4 is 10.8 Å². The number of benzene rings is 2. The zero-order chi connectivity index (χ0) is 17.9. The first-order valence-corrected chi connectivity index (χ1v) is 6.78. The van der Waals surface area contributed by atoms with Crippen molar-refractivity contribution in [1.82, 2.24) is 5.32 Å². The van der Waals surface area contributed by atoms with Crippen LogP contribution in [0.15, 0.2) is 42.5 Å². The largest absolute Gasteiger partial charge is 0.488 e. The lowest BCUT2D eigenvalue weighted by molar-refractivity contribution is -0.138. The van der Waals surface area contributed by atoms with Gasteiger partial charge >= 0.3 is 13.3 Å². The lowest BCUT2D eigenvalue weighted by Crippen LogP contribution is -2.30. The molecule has 126 valence electrons. The van der Waals surface area contributed by atoms with Crippen molar-refractivity contribution in [3.63, 3.8) is 0 Å². The third-order valence-electron chi connectivity index (χ3n) is 3.26. The Labute approximate surface area is 134 Å². The first kappa shape index (κ1) is 18.0. The summed E-state index contributed by atoms with van der Waals surface area (Å²) in [5.74, 6) is -2.08. The van der Waals surface area contributed by atoms with Gasteiger partial charge in [0.2, 0.25) is 0 Å². The fraction of sp³-hybridized carbons (Fsp3) is 0.133. The van der Waals surface area contributed by atoms with Gasteiger partial charge in [0.25, 0.3) is 5.91 Å². The van der Waals surface area contributed by atoms with E-state index in [1.165, 1.54) is 24.3 Å². The van der Waals surface area contributed by atoms with E-state index in [9.17, 15) is 22.4 Å². The molecule has 2 rings (SSSR count). The zero-order valence-electron chi connectivity index (χ0n) is 12.1. The summed E-state index contributed by atoms with van der Waals surface area (Å²) in [4.78, 5) is 12.0. The number of amides is 1. The van der Waals surface area contributed by atoms with Crippen LogP contribution in [0, 0.1) is 5.82 Å². The minimum Gasteiger partial charge on any atom is -0.423 e. The van der Waals surface area contributed by atoms with E-state index >= 15 is 0 Å². The molecular weight excluding hydrogens is 329 g/mol. The van der Waals surface area contributed by atoms with E-state index in [1.807, 2.05) is 0 Å². The molecule has 0 fully saturated rings. The summed E-state index contributed by atoms with van der Waals surface area (Å²) in [6.45, 7) is -0.0741. The van der Waals surface area contributed by atoms with Crippen molar-refractivity contribution in [2.75, 3.05) is 0 Å². The van der Waals surface area contributed by atoms with Crippen molar-refractivity contribution in [1.29, 1.82) is 0 Å². The number of alkyl halides is 3. The Morgan fingerprint density at radius 3 is 2.25 bits per heavy atom. The third-order valence-corrected chi connectivity index (χ3v) is 3.26. The third kappa shape index (κ3) is 4.33. The highest BCUT2D eigenvalue weighted by Gasteiger charge is 2.35. The van der Waals surface area contributed by atoms with Gasteiger partial charge in [-0.1, -0.05) is 24.3 Å². The lowest BCUT2D eigenvalue weighted by atomic mass is 9.80. The number of carbonyl (C=O) groups is 1. The number of hydrogen-bond acceptors (Lipinski definition) is 3. The Balaban J connectivity index is 2.13. The Kier molecular flexibility index (Phi) is 5.25. The Morgan fingerprint density at radius 1 is 1.08 bits per heavy atom. The first-order valence-electron chi connectivity index (χ1n) is 6.78. The zero-order valence-corrected chi connectivity index (χ0v) is 12.1. The van der Waals surface area contributed by atoms with Crippen LogP contribution in [0.3, 0.4) is 0 Å². The first-order chi connectivity index (χ1) is 11.2. The number of nitrogens with one attached hydrogen (secondary N) is 1. The van der Waals surface area contributed by atoms with Crippen molar-refractivity contribution in [2.45, 2.75) is 12.7 Å². The average Bonchev–Trinajstić information content (AvgIpc) is 2.52. The number of carbonyl (C=O) groups excluding carboxylic acids is 1. The summed E-state index contributed by atoms with van der Waals surface area (Å²) < 4.78 is 51.7. The van der Waals surface area contributed by atoms with Crippen LogP contribution in [0.1, 0.15) is 21.5 Å². The summed E-state index contributed by atoms with van der Waals surface area (Å²) in [7, 11) is -1.64. The van der Waals surface area contributed by atoms with Crippen molar-refractivity contribution in [2.24, 2.45) is 0 Å². The lowest BCUT2D eigenvalue weighted by Gasteiger charge is -2.13. The average molecular weight is 341 g/mol. The summed E-state index contributed by atoms with van der Waals surface area (Å²) in [6.07, 6.45) is -4.85. The van der Waals surface area contributed by atoms with Crippen LogP contribution in [0.2, 0.25) is 0 Å². The highest BCUT2D eigenvalue weighted by Crippen LogP contribution is 2.32. The molecule has 0 aromatic heterocycles. The van der Waals surface area contributed by atoms with Crippen LogP contribution >= 0.6 is 0 Å². The fourth-order valence-corrected chi connectivity index (χ4v) is 2.03. The van der Waals surface area contributed by atoms with Crippen LogP contribution in [0.5, 0.6) is 0 Å². The molecule has 0 saturated carbocycles. The quantitative estimate of drug-likeness (QED) is 0.583. The Morgan fingerprint density at radius 2 is 1.71 bits per heavy atom. The van der Waals surface area contributed by atoms with E-state index in [1.54, 1.807) is 0 Å². The number of rotatable bonds is 4. The van der Waals surface area contributed by atoms with Gasteiger partial charge in [0.1, 0.15) is 5.82 Å². The van der Waals surface area contributed by atoms with E-state index in [-0.39, 0.29) is 18.1 Å². The standard InChI is InChI=1S/C15H12BF4NO3/c17-11-5-6-12(13(7-11)15(18,19)20)14(22)21-8-9-1-3-10(4-2-9)16(23)24/h1-7,23-24H,8H2,(H,21,22). The predicted octanol–water partition coefficient (Wildman–Crippen LogP) is 1.45. The molecule has 0 radical (unpaired) electrons. The second kappa shape index (κ2) is 7.02. The maximum atomic E-state index is 13.0. The molecule has 0 bridgehead atoms. The van der Waals surface area contributed by atoms with Crippen LogP contribution in [0.25, 0.3) is 0 Å². The molecule has 9 heteroatoms. The predicted molar refractivity (Wildman–Crippen MR) is 78.8 cm³/mol. The molecule has 0 aliphatic carbocycles. The topological polar surface area (TPSA) is 69.6 Å². The van der Waals surface area contributed by atoms with Gasteiger partial charge in [0, 0.05) is 6.54 Å². The SMILES string of the molecule is O=C(NCc1ccc(B(O)O)cc1)c1ccc(F)cc1C(F)(F)F. The Bertz CT molecular complexity index is 732. The molecule has 2 aromatic carbocycles. The van der Waals surface area contributed by atoms with E-state index < -0.39 is 36.1 Å². The monoisotopic (exact) mass is 341 g/mol. The van der Waals surface area contributed by atoms with E-state index in [4.69, 9.17) is 10.0 Å². The molecule has 3 N–H and O–H groups in total. The van der Waals surface area contributed by atoms with Gasteiger partial charge in [-0.25, -0.2) is 4.39 Å². The number of hydrogen-bond donors (Lipinski definition) is 3. The van der Waals surface area contributed by atoms with E-state index in [0.717, 1.165) is 12.1 Å². The van der Waals surface area contributed by atoms with Crippen molar-refractivity contribution >= 4 is 18.5 Å². The van der Waals surface area contributed by atoms with Gasteiger partial charge in [-0.3, -0.25) is 4.79 Å². The molecule has 0 aliphatic heterocycles. The fourth-order valence-electron chi connectivity index (χ4n) is 2.03. The molecule has 0 spiro atoms. The molecular formula is C15H12BF4NO3. The van der Waals surface area contributed by atoms with Crippen molar-refractivity contribution < 1.29 is 32.4 Å². The second-order valence-electron chi connectivity index (χ2n) is 4.99. The van der Waals surface area contributed by atoms with Crippen molar-refractivity contribution in [3.8, 4) is 0 Å². The van der Waals surface area contributed by atoms with Crippen LogP contribution in [0.4, 0.5) is 17.6 Å². The van der Waals surface area contributed by atoms with Gasteiger partial charge in [0.15, 0.2) is 0 Å². The molecule has 0 saturated heterocycles. The van der Waals surface area contributed by atoms with Crippen LogP contribution in [-0.4, -0.2) is 23.1 Å². The smallest absolute Gasteiger partial charge is 0.423 e. The minimum absolute atomic E-state index is 0.0741. The molecule has 0 atom stereocenters. The maximum Gasteiger partial charge on any atom is 0.488 e. The van der Waals surface area contributed by atoms with Gasteiger partial charge in [-0.15, -0.1) is 0 Å².